The van der Waals surface area contributed by atoms with Gasteiger partial charge >= 0.3 is 0 Å². The first-order valence-corrected chi connectivity index (χ1v) is 8.40. The molecule has 0 bridgehead atoms. The molecule has 0 atom stereocenters. The second-order valence-corrected chi connectivity index (χ2v) is 5.94. The van der Waals surface area contributed by atoms with Crippen LogP contribution in [0.2, 0.25) is 0 Å². The van der Waals surface area contributed by atoms with Crippen molar-refractivity contribution in [1.82, 2.24) is 15.0 Å². The number of rotatable bonds is 6. The molecule has 0 saturated carbocycles. The lowest BCUT2D eigenvalue weighted by atomic mass is 10.2. The lowest BCUT2D eigenvalue weighted by Gasteiger charge is -2.09. The van der Waals surface area contributed by atoms with Gasteiger partial charge in [-0.25, -0.2) is 15.0 Å². The van der Waals surface area contributed by atoms with E-state index in [9.17, 15) is 0 Å². The van der Waals surface area contributed by atoms with Crippen LogP contribution in [0.15, 0.2) is 61.3 Å². The molecule has 3 aromatic rings. The van der Waals surface area contributed by atoms with Crippen LogP contribution in [-0.2, 0) is 18.0 Å². The Labute approximate surface area is 153 Å². The zero-order chi connectivity index (χ0) is 18.4. The standard InChI is InChI=1S/C22H21N3O/c1-4-8-19-17(3)13-23-22(25-19)20-12-11-16(2)21(24-20)15-26-14-18-9-6-5-7-10-18/h4-13H,1,3,14-15H2,2H3/b19-8+. The van der Waals surface area contributed by atoms with Gasteiger partial charge in [-0.05, 0) is 30.2 Å². The van der Waals surface area contributed by atoms with Crippen LogP contribution in [0.5, 0.6) is 0 Å². The van der Waals surface area contributed by atoms with Gasteiger partial charge in [0.15, 0.2) is 5.82 Å². The predicted molar refractivity (Wildman–Crippen MR) is 104 cm³/mol. The molecule has 2 aromatic heterocycles. The summed E-state index contributed by atoms with van der Waals surface area (Å²) >= 11 is 0. The summed E-state index contributed by atoms with van der Waals surface area (Å²) in [6.07, 6.45) is 5.20. The first-order valence-electron chi connectivity index (χ1n) is 8.40. The Morgan fingerprint density at radius 2 is 1.85 bits per heavy atom. The molecule has 0 amide bonds. The van der Waals surface area contributed by atoms with E-state index in [1.807, 2.05) is 55.5 Å². The molecule has 0 aliphatic carbocycles. The number of pyridine rings is 1. The van der Waals surface area contributed by atoms with Gasteiger partial charge in [0.1, 0.15) is 5.69 Å². The topological polar surface area (TPSA) is 47.9 Å². The van der Waals surface area contributed by atoms with Gasteiger partial charge < -0.3 is 4.74 Å². The maximum atomic E-state index is 5.83. The highest BCUT2D eigenvalue weighted by Crippen LogP contribution is 2.15. The van der Waals surface area contributed by atoms with Crippen LogP contribution in [-0.4, -0.2) is 15.0 Å². The molecule has 4 nitrogen and oxygen atoms in total. The van der Waals surface area contributed by atoms with Crippen molar-refractivity contribution in [3.8, 4) is 11.5 Å². The van der Waals surface area contributed by atoms with E-state index in [1.54, 1.807) is 12.3 Å². The summed E-state index contributed by atoms with van der Waals surface area (Å²) in [7, 11) is 0. The predicted octanol–water partition coefficient (Wildman–Crippen LogP) is 2.94. The van der Waals surface area contributed by atoms with E-state index in [1.165, 1.54) is 0 Å². The van der Waals surface area contributed by atoms with Crippen LogP contribution in [0.25, 0.3) is 24.2 Å². The average Bonchev–Trinajstić information content (AvgIpc) is 2.66. The molecule has 130 valence electrons. The fourth-order valence-electron chi connectivity index (χ4n) is 2.48. The lowest BCUT2D eigenvalue weighted by molar-refractivity contribution is 0.104. The van der Waals surface area contributed by atoms with Gasteiger partial charge in [0.25, 0.3) is 0 Å². The third-order valence-electron chi connectivity index (χ3n) is 3.95. The fourth-order valence-corrected chi connectivity index (χ4v) is 2.48. The molecule has 0 N–H and O–H groups in total. The van der Waals surface area contributed by atoms with Crippen molar-refractivity contribution in [3.05, 3.63) is 88.7 Å². The Bertz CT molecular complexity index is 1010. The summed E-state index contributed by atoms with van der Waals surface area (Å²) in [4.78, 5) is 13.6. The molecule has 4 heteroatoms. The van der Waals surface area contributed by atoms with Crippen molar-refractivity contribution in [2.75, 3.05) is 0 Å². The molecular formula is C22H21N3O. The molecule has 0 saturated heterocycles. The van der Waals surface area contributed by atoms with Gasteiger partial charge in [0.05, 0.1) is 24.3 Å². The zero-order valence-electron chi connectivity index (χ0n) is 14.9. The maximum absolute atomic E-state index is 5.83. The van der Waals surface area contributed by atoms with Crippen molar-refractivity contribution < 1.29 is 4.74 Å². The van der Waals surface area contributed by atoms with E-state index >= 15 is 0 Å². The van der Waals surface area contributed by atoms with E-state index in [-0.39, 0.29) is 0 Å². The summed E-state index contributed by atoms with van der Waals surface area (Å²) in [6, 6.07) is 14.0. The van der Waals surface area contributed by atoms with Gasteiger partial charge in [0.2, 0.25) is 0 Å². The van der Waals surface area contributed by atoms with E-state index in [0.29, 0.717) is 24.7 Å². The van der Waals surface area contributed by atoms with Crippen LogP contribution in [0.3, 0.4) is 0 Å². The van der Waals surface area contributed by atoms with Gasteiger partial charge in [0, 0.05) is 11.4 Å². The minimum absolute atomic E-state index is 0.438. The van der Waals surface area contributed by atoms with Crippen molar-refractivity contribution >= 4 is 12.7 Å². The third kappa shape index (κ3) is 4.29. The van der Waals surface area contributed by atoms with Crippen molar-refractivity contribution in [2.24, 2.45) is 0 Å². The normalized spacial score (nSPS) is 11.5. The lowest BCUT2D eigenvalue weighted by Crippen LogP contribution is -2.28. The maximum Gasteiger partial charge on any atom is 0.178 e. The number of allylic oxidation sites excluding steroid dienone is 1. The minimum Gasteiger partial charge on any atom is -0.370 e. The summed E-state index contributed by atoms with van der Waals surface area (Å²) < 4.78 is 5.83. The number of nitrogens with zero attached hydrogens (tertiary/aromatic N) is 3. The number of ether oxygens (including phenoxy) is 1. The summed E-state index contributed by atoms with van der Waals surface area (Å²) in [5.74, 6) is 0.565. The summed E-state index contributed by atoms with van der Waals surface area (Å²) in [5, 5.41) is 1.50. The van der Waals surface area contributed by atoms with Gasteiger partial charge in [-0.3, -0.25) is 0 Å². The second-order valence-electron chi connectivity index (χ2n) is 5.94. The smallest absolute Gasteiger partial charge is 0.178 e. The van der Waals surface area contributed by atoms with Gasteiger partial charge in [-0.2, -0.15) is 0 Å². The van der Waals surface area contributed by atoms with E-state index < -0.39 is 0 Å². The van der Waals surface area contributed by atoms with Crippen LogP contribution in [0, 0.1) is 6.92 Å². The Hall–Kier alpha value is -3.11. The molecule has 0 unspecified atom stereocenters. The van der Waals surface area contributed by atoms with Gasteiger partial charge in [-0.1, -0.05) is 55.6 Å². The molecule has 0 radical (unpaired) electrons. The van der Waals surface area contributed by atoms with Crippen molar-refractivity contribution in [2.45, 2.75) is 20.1 Å². The van der Waals surface area contributed by atoms with Crippen LogP contribution >= 0.6 is 0 Å². The fraction of sp³-hybridized carbons (Fsp3) is 0.136. The monoisotopic (exact) mass is 343 g/mol. The number of benzene rings is 1. The molecule has 0 aliphatic rings. The van der Waals surface area contributed by atoms with E-state index in [0.717, 1.165) is 27.4 Å². The molecule has 26 heavy (non-hydrogen) atoms. The highest BCUT2D eigenvalue weighted by Gasteiger charge is 2.07. The molecule has 0 spiro atoms. The Morgan fingerprint density at radius 3 is 2.62 bits per heavy atom. The molecule has 0 aliphatic heterocycles. The highest BCUT2D eigenvalue weighted by atomic mass is 16.5. The zero-order valence-corrected chi connectivity index (χ0v) is 14.9. The van der Waals surface area contributed by atoms with Crippen LogP contribution in [0.4, 0.5) is 0 Å². The SMILES string of the molecule is C=C/C=c1/nc(-c2ccc(C)c(COCc3ccccc3)n2)ncc1=C. The van der Waals surface area contributed by atoms with E-state index in [4.69, 9.17) is 9.72 Å². The van der Waals surface area contributed by atoms with Gasteiger partial charge in [-0.15, -0.1) is 0 Å². The molecule has 0 fully saturated rings. The third-order valence-corrected chi connectivity index (χ3v) is 3.95. The summed E-state index contributed by atoms with van der Waals surface area (Å²) in [5.41, 5.74) is 3.82. The Balaban J connectivity index is 1.81. The molecule has 3 rings (SSSR count). The van der Waals surface area contributed by atoms with Crippen LogP contribution < -0.4 is 10.6 Å². The molecular weight excluding hydrogens is 322 g/mol. The number of hydrogen-bond donors (Lipinski definition) is 0. The first-order chi connectivity index (χ1) is 12.7. The molecule has 2 heterocycles. The number of aromatic nitrogens is 3. The van der Waals surface area contributed by atoms with Crippen molar-refractivity contribution in [1.29, 1.82) is 0 Å². The highest BCUT2D eigenvalue weighted by molar-refractivity contribution is 5.50. The van der Waals surface area contributed by atoms with Crippen molar-refractivity contribution in [3.63, 3.8) is 0 Å². The average molecular weight is 343 g/mol. The Kier molecular flexibility index (Phi) is 5.66. The largest absolute Gasteiger partial charge is 0.370 e. The van der Waals surface area contributed by atoms with E-state index in [2.05, 4.69) is 23.1 Å². The van der Waals surface area contributed by atoms with Crippen LogP contribution in [0.1, 0.15) is 16.8 Å². The Morgan fingerprint density at radius 1 is 1.04 bits per heavy atom. The summed E-state index contributed by atoms with van der Waals surface area (Å²) in [6.45, 7) is 10.7. The molecule has 1 aromatic carbocycles. The second kappa shape index (κ2) is 8.32. The minimum atomic E-state index is 0.438. The number of hydrogen-bond acceptors (Lipinski definition) is 4. The quantitative estimate of drug-likeness (QED) is 0.690. The first kappa shape index (κ1) is 17.7. The number of aryl methyl sites for hydroxylation is 1.